The summed E-state index contributed by atoms with van der Waals surface area (Å²) in [6.07, 6.45) is 1.29. The smallest absolute Gasteiger partial charge is 0.225 e. The number of benzene rings is 2. The monoisotopic (exact) mass is 426 g/mol. The van der Waals surface area contributed by atoms with E-state index in [1.54, 1.807) is 14.2 Å². The number of likely N-dealkylation sites (N-methyl/N-ethyl adjacent to an activating group) is 1. The van der Waals surface area contributed by atoms with Crippen LogP contribution < -0.4 is 14.8 Å². The highest BCUT2D eigenvalue weighted by Crippen LogP contribution is 2.27. The van der Waals surface area contributed by atoms with E-state index >= 15 is 0 Å². The van der Waals surface area contributed by atoms with Crippen LogP contribution in [0.3, 0.4) is 0 Å². The summed E-state index contributed by atoms with van der Waals surface area (Å²) in [5.41, 5.74) is 2.81. The maximum absolute atomic E-state index is 12.2. The van der Waals surface area contributed by atoms with Crippen molar-refractivity contribution in [3.63, 3.8) is 0 Å². The van der Waals surface area contributed by atoms with Crippen LogP contribution in [0.1, 0.15) is 17.5 Å². The molecule has 2 aromatic carbocycles. The predicted octanol–water partition coefficient (Wildman–Crippen LogP) is 4.59. The summed E-state index contributed by atoms with van der Waals surface area (Å²) < 4.78 is 10.6. The van der Waals surface area contributed by atoms with E-state index in [4.69, 9.17) is 21.1 Å². The van der Waals surface area contributed by atoms with Crippen molar-refractivity contribution in [3.05, 3.63) is 52.5 Å². The number of hydrogen-bond acceptors (Lipinski definition) is 4. The van der Waals surface area contributed by atoms with Crippen molar-refractivity contribution in [2.45, 2.75) is 19.8 Å². The molecular formula is C21H28Cl2N2O3. The van der Waals surface area contributed by atoms with E-state index < -0.39 is 0 Å². The van der Waals surface area contributed by atoms with Crippen molar-refractivity contribution in [2.75, 3.05) is 39.7 Å². The first-order chi connectivity index (χ1) is 12.9. The molecule has 0 unspecified atom stereocenters. The molecule has 0 spiro atoms. The van der Waals surface area contributed by atoms with Crippen LogP contribution in [0, 0.1) is 6.92 Å². The van der Waals surface area contributed by atoms with Crippen LogP contribution in [0.15, 0.2) is 36.4 Å². The normalized spacial score (nSPS) is 10.4. The highest BCUT2D eigenvalue weighted by Gasteiger charge is 2.09. The van der Waals surface area contributed by atoms with Gasteiger partial charge in [0.1, 0.15) is 0 Å². The van der Waals surface area contributed by atoms with E-state index in [2.05, 4.69) is 10.2 Å². The van der Waals surface area contributed by atoms with Gasteiger partial charge in [-0.1, -0.05) is 23.7 Å². The first-order valence-electron chi connectivity index (χ1n) is 8.89. The van der Waals surface area contributed by atoms with Crippen LogP contribution in [0.4, 0.5) is 5.69 Å². The van der Waals surface area contributed by atoms with Gasteiger partial charge in [0.15, 0.2) is 11.5 Å². The number of rotatable bonds is 9. The topological polar surface area (TPSA) is 50.8 Å². The summed E-state index contributed by atoms with van der Waals surface area (Å²) in [5.74, 6) is 1.44. The molecule has 0 heterocycles. The lowest BCUT2D eigenvalue weighted by molar-refractivity contribution is -0.116. The molecule has 0 fully saturated rings. The Morgan fingerprint density at radius 1 is 1.11 bits per heavy atom. The lowest BCUT2D eigenvalue weighted by Crippen LogP contribution is -2.26. The van der Waals surface area contributed by atoms with E-state index in [-0.39, 0.29) is 18.3 Å². The number of ether oxygens (including phenoxy) is 2. The number of hydrogen-bond donors (Lipinski definition) is 1. The first-order valence-corrected chi connectivity index (χ1v) is 9.26. The minimum absolute atomic E-state index is 0. The SMILES string of the molecule is COc1ccc(CCN(C)CCC(=O)Nc2cccc(Cl)c2C)cc1OC.Cl. The summed E-state index contributed by atoms with van der Waals surface area (Å²) in [6, 6.07) is 11.4. The summed E-state index contributed by atoms with van der Waals surface area (Å²) in [5, 5.41) is 3.58. The van der Waals surface area contributed by atoms with Crippen molar-refractivity contribution < 1.29 is 14.3 Å². The van der Waals surface area contributed by atoms with E-state index in [9.17, 15) is 4.79 Å². The number of methoxy groups -OCH3 is 2. The number of nitrogens with zero attached hydrogens (tertiary/aromatic N) is 1. The van der Waals surface area contributed by atoms with Crippen molar-refractivity contribution in [1.29, 1.82) is 0 Å². The van der Waals surface area contributed by atoms with Crippen LogP contribution >= 0.6 is 24.0 Å². The number of halogens is 2. The van der Waals surface area contributed by atoms with Gasteiger partial charge in [-0.25, -0.2) is 0 Å². The number of amides is 1. The van der Waals surface area contributed by atoms with Gasteiger partial charge in [-0.05, 0) is 55.8 Å². The number of carbonyl (C=O) groups is 1. The van der Waals surface area contributed by atoms with Gasteiger partial charge in [0, 0.05) is 30.2 Å². The molecule has 0 aliphatic heterocycles. The van der Waals surface area contributed by atoms with Gasteiger partial charge in [0.2, 0.25) is 5.91 Å². The summed E-state index contributed by atoms with van der Waals surface area (Å²) in [7, 11) is 5.27. The largest absolute Gasteiger partial charge is 0.493 e. The van der Waals surface area contributed by atoms with E-state index in [1.807, 2.05) is 50.4 Å². The predicted molar refractivity (Wildman–Crippen MR) is 117 cm³/mol. The molecule has 5 nitrogen and oxygen atoms in total. The molecule has 154 valence electrons. The molecule has 0 saturated heterocycles. The minimum Gasteiger partial charge on any atom is -0.493 e. The fourth-order valence-electron chi connectivity index (χ4n) is 2.72. The molecule has 0 atom stereocenters. The van der Waals surface area contributed by atoms with E-state index in [1.165, 1.54) is 5.56 Å². The lowest BCUT2D eigenvalue weighted by Gasteiger charge is -2.17. The molecule has 0 bridgehead atoms. The summed E-state index contributed by atoms with van der Waals surface area (Å²) >= 11 is 6.09. The van der Waals surface area contributed by atoms with Gasteiger partial charge in [0.05, 0.1) is 14.2 Å². The molecule has 28 heavy (non-hydrogen) atoms. The van der Waals surface area contributed by atoms with E-state index in [0.717, 1.165) is 35.7 Å². The first kappa shape index (κ1) is 24.1. The minimum atomic E-state index is -0.0154. The molecule has 0 saturated carbocycles. The number of carbonyl (C=O) groups excluding carboxylic acids is 1. The molecule has 0 aromatic heterocycles. The third-order valence-electron chi connectivity index (χ3n) is 4.49. The standard InChI is InChI=1S/C21H27ClN2O3.ClH/c1-15-17(22)6-5-7-18(15)23-21(25)11-13-24(2)12-10-16-8-9-19(26-3)20(14-16)27-4;/h5-9,14H,10-13H2,1-4H3,(H,23,25);1H. The molecule has 7 heteroatoms. The number of anilines is 1. The Kier molecular flexibility index (Phi) is 10.1. The Hall–Kier alpha value is -1.95. The number of nitrogens with one attached hydrogen (secondary N) is 1. The zero-order valence-electron chi connectivity index (χ0n) is 16.8. The fourth-order valence-corrected chi connectivity index (χ4v) is 2.89. The third kappa shape index (κ3) is 6.89. The van der Waals surface area contributed by atoms with Crippen LogP contribution in [0.25, 0.3) is 0 Å². The molecule has 2 rings (SSSR count). The highest BCUT2D eigenvalue weighted by atomic mass is 35.5. The van der Waals surface area contributed by atoms with Crippen molar-refractivity contribution in [2.24, 2.45) is 0 Å². The molecule has 0 aliphatic rings. The molecule has 0 aliphatic carbocycles. The maximum Gasteiger partial charge on any atom is 0.225 e. The van der Waals surface area contributed by atoms with E-state index in [0.29, 0.717) is 18.0 Å². The Balaban J connectivity index is 0.00000392. The van der Waals surface area contributed by atoms with Crippen LogP contribution in [0.5, 0.6) is 11.5 Å². The van der Waals surface area contributed by atoms with Gasteiger partial charge in [-0.2, -0.15) is 0 Å². The molecule has 1 N–H and O–H groups in total. The zero-order valence-corrected chi connectivity index (χ0v) is 18.3. The second kappa shape index (κ2) is 11.8. The summed E-state index contributed by atoms with van der Waals surface area (Å²) in [4.78, 5) is 14.3. The fraction of sp³-hybridized carbons (Fsp3) is 0.381. The van der Waals surface area contributed by atoms with Gasteiger partial charge in [0.25, 0.3) is 0 Å². The maximum atomic E-state index is 12.2. The zero-order chi connectivity index (χ0) is 19.8. The van der Waals surface area contributed by atoms with Gasteiger partial charge in [-0.15, -0.1) is 12.4 Å². The quantitative estimate of drug-likeness (QED) is 0.636. The van der Waals surface area contributed by atoms with Crippen molar-refractivity contribution in [3.8, 4) is 11.5 Å². The van der Waals surface area contributed by atoms with Crippen molar-refractivity contribution >= 4 is 35.6 Å². The Bertz CT molecular complexity index is 784. The highest BCUT2D eigenvalue weighted by molar-refractivity contribution is 6.31. The van der Waals surface area contributed by atoms with Gasteiger partial charge >= 0.3 is 0 Å². The van der Waals surface area contributed by atoms with Crippen LogP contribution in [-0.2, 0) is 11.2 Å². The third-order valence-corrected chi connectivity index (χ3v) is 4.90. The average molecular weight is 427 g/mol. The Morgan fingerprint density at radius 2 is 1.82 bits per heavy atom. The Morgan fingerprint density at radius 3 is 2.50 bits per heavy atom. The van der Waals surface area contributed by atoms with Gasteiger partial charge in [-0.3, -0.25) is 4.79 Å². The van der Waals surface area contributed by atoms with Crippen molar-refractivity contribution in [1.82, 2.24) is 4.90 Å². The molecule has 0 radical (unpaired) electrons. The molecule has 1 amide bonds. The second-order valence-electron chi connectivity index (χ2n) is 6.45. The second-order valence-corrected chi connectivity index (χ2v) is 6.86. The lowest BCUT2D eigenvalue weighted by atomic mass is 10.1. The van der Waals surface area contributed by atoms with Crippen LogP contribution in [-0.4, -0.2) is 45.2 Å². The summed E-state index contributed by atoms with van der Waals surface area (Å²) in [6.45, 7) is 3.42. The Labute approximate surface area is 178 Å². The van der Waals surface area contributed by atoms with Gasteiger partial charge < -0.3 is 19.7 Å². The molecule has 2 aromatic rings. The molecular weight excluding hydrogens is 399 g/mol. The van der Waals surface area contributed by atoms with Crippen LogP contribution in [0.2, 0.25) is 5.02 Å². The average Bonchev–Trinajstić information content (AvgIpc) is 2.68.